The van der Waals surface area contributed by atoms with Crippen LogP contribution < -0.4 is 10.9 Å². The minimum Gasteiger partial charge on any atom is -0.459 e. The van der Waals surface area contributed by atoms with Gasteiger partial charge in [-0.15, -0.1) is 11.3 Å². The largest absolute Gasteiger partial charge is 0.459 e. The van der Waals surface area contributed by atoms with Gasteiger partial charge in [0.05, 0.1) is 23.5 Å². The predicted molar refractivity (Wildman–Crippen MR) is 99.5 cm³/mol. The molecule has 3 rings (SSSR count). The molecule has 0 saturated heterocycles. The molecule has 134 valence electrons. The number of ether oxygens (including phenoxy) is 1. The number of benzene rings is 1. The molecule has 0 unspecified atom stereocenters. The standard InChI is InChI=1S/C18H17N3O4S/c1-11(2)25-18(24)12-3-5-13(6-4-12)20-15(22)9-21-10-19-14-7-8-26-16(14)17(21)23/h3-8,10-11H,9H2,1-2H3,(H,20,22). The number of hydrogen-bond donors (Lipinski definition) is 1. The quantitative estimate of drug-likeness (QED) is 0.697. The van der Waals surface area contributed by atoms with Crippen LogP contribution in [0, 0.1) is 0 Å². The Balaban J connectivity index is 1.67. The van der Waals surface area contributed by atoms with Crippen LogP contribution in [0.3, 0.4) is 0 Å². The van der Waals surface area contributed by atoms with Crippen molar-refractivity contribution >= 4 is 39.1 Å². The lowest BCUT2D eigenvalue weighted by molar-refractivity contribution is -0.116. The number of amides is 1. The zero-order chi connectivity index (χ0) is 18.7. The monoisotopic (exact) mass is 371 g/mol. The zero-order valence-corrected chi connectivity index (χ0v) is 15.1. The maximum absolute atomic E-state index is 12.3. The highest BCUT2D eigenvalue weighted by molar-refractivity contribution is 7.17. The van der Waals surface area contributed by atoms with Crippen LogP contribution in [0.2, 0.25) is 0 Å². The first kappa shape index (κ1) is 17.8. The van der Waals surface area contributed by atoms with E-state index in [1.807, 2.05) is 0 Å². The van der Waals surface area contributed by atoms with Gasteiger partial charge in [0.1, 0.15) is 11.2 Å². The van der Waals surface area contributed by atoms with Crippen LogP contribution in [0.4, 0.5) is 5.69 Å². The van der Waals surface area contributed by atoms with E-state index < -0.39 is 5.97 Å². The molecular weight excluding hydrogens is 354 g/mol. The minimum absolute atomic E-state index is 0.142. The van der Waals surface area contributed by atoms with Gasteiger partial charge in [-0.3, -0.25) is 14.2 Å². The van der Waals surface area contributed by atoms with Crippen molar-refractivity contribution in [2.75, 3.05) is 5.32 Å². The van der Waals surface area contributed by atoms with E-state index in [4.69, 9.17) is 4.74 Å². The Hall–Kier alpha value is -3.00. The van der Waals surface area contributed by atoms with Crippen LogP contribution in [0.15, 0.2) is 46.8 Å². The Morgan fingerprint density at radius 1 is 1.23 bits per heavy atom. The van der Waals surface area contributed by atoms with E-state index in [2.05, 4.69) is 10.3 Å². The molecule has 1 N–H and O–H groups in total. The average molecular weight is 371 g/mol. The number of esters is 1. The molecule has 0 spiro atoms. The summed E-state index contributed by atoms with van der Waals surface area (Å²) in [5, 5.41) is 4.48. The third kappa shape index (κ3) is 3.97. The number of nitrogens with zero attached hydrogens (tertiary/aromatic N) is 2. The Morgan fingerprint density at radius 2 is 1.96 bits per heavy atom. The number of carbonyl (C=O) groups excluding carboxylic acids is 2. The lowest BCUT2D eigenvalue weighted by Gasteiger charge is -2.09. The van der Waals surface area contributed by atoms with Crippen LogP contribution in [-0.4, -0.2) is 27.5 Å². The molecule has 3 aromatic rings. The molecule has 2 heterocycles. The van der Waals surface area contributed by atoms with Crippen LogP contribution >= 0.6 is 11.3 Å². The molecule has 0 radical (unpaired) electrons. The normalized spacial score (nSPS) is 10.9. The first-order valence-electron chi connectivity index (χ1n) is 7.97. The number of aromatic nitrogens is 2. The SMILES string of the molecule is CC(C)OC(=O)c1ccc(NC(=O)Cn2cnc3ccsc3c2=O)cc1. The number of nitrogens with one attached hydrogen (secondary N) is 1. The van der Waals surface area contributed by atoms with Crippen molar-refractivity contribution in [2.24, 2.45) is 0 Å². The lowest BCUT2D eigenvalue weighted by Crippen LogP contribution is -2.27. The molecule has 7 nitrogen and oxygen atoms in total. The Morgan fingerprint density at radius 3 is 2.65 bits per heavy atom. The zero-order valence-electron chi connectivity index (χ0n) is 14.3. The molecule has 2 aromatic heterocycles. The second-order valence-electron chi connectivity index (χ2n) is 5.89. The molecule has 0 aliphatic carbocycles. The van der Waals surface area contributed by atoms with Gasteiger partial charge >= 0.3 is 5.97 Å². The van der Waals surface area contributed by atoms with Crippen LogP contribution in [-0.2, 0) is 16.1 Å². The van der Waals surface area contributed by atoms with Crippen LogP contribution in [0.5, 0.6) is 0 Å². The fourth-order valence-electron chi connectivity index (χ4n) is 2.32. The first-order chi connectivity index (χ1) is 12.4. The topological polar surface area (TPSA) is 90.3 Å². The number of fused-ring (bicyclic) bond motifs is 1. The summed E-state index contributed by atoms with van der Waals surface area (Å²) in [6.45, 7) is 3.41. The number of carbonyl (C=O) groups is 2. The van der Waals surface area contributed by atoms with Gasteiger partial charge in [-0.1, -0.05) is 0 Å². The van der Waals surface area contributed by atoms with Gasteiger partial charge in [0.25, 0.3) is 5.56 Å². The Kier molecular flexibility index (Phi) is 5.13. The second-order valence-corrected chi connectivity index (χ2v) is 6.81. The van der Waals surface area contributed by atoms with Gasteiger partial charge in [-0.05, 0) is 49.6 Å². The summed E-state index contributed by atoms with van der Waals surface area (Å²) in [7, 11) is 0. The van der Waals surface area contributed by atoms with Crippen molar-refractivity contribution in [1.82, 2.24) is 9.55 Å². The minimum atomic E-state index is -0.417. The molecule has 1 amide bonds. The second kappa shape index (κ2) is 7.49. The molecule has 0 aliphatic heterocycles. The highest BCUT2D eigenvalue weighted by Crippen LogP contribution is 2.14. The van der Waals surface area contributed by atoms with E-state index in [0.717, 1.165) is 0 Å². The van der Waals surface area contributed by atoms with Gasteiger partial charge in [-0.25, -0.2) is 9.78 Å². The van der Waals surface area contributed by atoms with Crippen LogP contribution in [0.25, 0.3) is 10.2 Å². The third-order valence-electron chi connectivity index (χ3n) is 3.50. The van der Waals surface area contributed by atoms with Gasteiger partial charge < -0.3 is 10.1 Å². The number of rotatable bonds is 5. The summed E-state index contributed by atoms with van der Waals surface area (Å²) in [6.07, 6.45) is 1.16. The number of thiophene rings is 1. The lowest BCUT2D eigenvalue weighted by atomic mass is 10.2. The Bertz CT molecular complexity index is 1010. The molecule has 0 bridgehead atoms. The number of anilines is 1. The van der Waals surface area contributed by atoms with E-state index >= 15 is 0 Å². The van der Waals surface area contributed by atoms with Gasteiger partial charge in [0.2, 0.25) is 5.91 Å². The van der Waals surface area contributed by atoms with Crippen molar-refractivity contribution in [1.29, 1.82) is 0 Å². The van der Waals surface area contributed by atoms with E-state index in [1.54, 1.807) is 49.6 Å². The van der Waals surface area contributed by atoms with E-state index in [0.29, 0.717) is 21.5 Å². The summed E-state index contributed by atoms with van der Waals surface area (Å²) >= 11 is 1.30. The van der Waals surface area contributed by atoms with Crippen LogP contribution in [0.1, 0.15) is 24.2 Å². The molecule has 0 atom stereocenters. The molecule has 0 saturated carbocycles. The van der Waals surface area contributed by atoms with Crippen molar-refractivity contribution in [3.8, 4) is 0 Å². The van der Waals surface area contributed by atoms with Crippen molar-refractivity contribution < 1.29 is 14.3 Å². The predicted octanol–water partition coefficient (Wildman–Crippen LogP) is 2.66. The summed E-state index contributed by atoms with van der Waals surface area (Å²) < 4.78 is 6.90. The summed E-state index contributed by atoms with van der Waals surface area (Å²) in [5.74, 6) is -0.776. The summed E-state index contributed by atoms with van der Waals surface area (Å²) in [6, 6.07) is 8.13. The van der Waals surface area contributed by atoms with E-state index in [-0.39, 0.29) is 24.1 Å². The highest BCUT2D eigenvalue weighted by Gasteiger charge is 2.11. The maximum atomic E-state index is 12.3. The van der Waals surface area contributed by atoms with Crippen molar-refractivity contribution in [3.63, 3.8) is 0 Å². The van der Waals surface area contributed by atoms with Gasteiger partial charge in [0, 0.05) is 5.69 Å². The Labute approximate surface area is 153 Å². The fourth-order valence-corrected chi connectivity index (χ4v) is 3.11. The molecule has 0 fully saturated rings. The van der Waals surface area contributed by atoms with Crippen molar-refractivity contribution in [2.45, 2.75) is 26.5 Å². The molecule has 26 heavy (non-hydrogen) atoms. The molecule has 1 aromatic carbocycles. The molecular formula is C18H17N3O4S. The number of hydrogen-bond acceptors (Lipinski definition) is 6. The van der Waals surface area contributed by atoms with Gasteiger partial charge in [-0.2, -0.15) is 0 Å². The third-order valence-corrected chi connectivity index (χ3v) is 4.39. The first-order valence-corrected chi connectivity index (χ1v) is 8.85. The van der Waals surface area contributed by atoms with E-state index in [1.165, 1.54) is 22.2 Å². The molecule has 8 heteroatoms. The summed E-state index contributed by atoms with van der Waals surface area (Å²) in [5.41, 5.74) is 1.31. The van der Waals surface area contributed by atoms with E-state index in [9.17, 15) is 14.4 Å². The maximum Gasteiger partial charge on any atom is 0.338 e. The molecule has 0 aliphatic rings. The average Bonchev–Trinajstić information content (AvgIpc) is 3.07. The van der Waals surface area contributed by atoms with Gasteiger partial charge in [0.15, 0.2) is 0 Å². The highest BCUT2D eigenvalue weighted by atomic mass is 32.1. The summed E-state index contributed by atoms with van der Waals surface area (Å²) in [4.78, 5) is 40.4. The smallest absolute Gasteiger partial charge is 0.338 e. The van der Waals surface area contributed by atoms with Crippen molar-refractivity contribution in [3.05, 3.63) is 58.0 Å². The fraction of sp³-hybridized carbons (Fsp3) is 0.222.